The average Bonchev–Trinajstić information content (AvgIpc) is 2.78. The molecule has 1 aliphatic rings. The van der Waals surface area contributed by atoms with Crippen molar-refractivity contribution in [3.05, 3.63) is 60.2 Å². The predicted molar refractivity (Wildman–Crippen MR) is 122 cm³/mol. The van der Waals surface area contributed by atoms with Crippen molar-refractivity contribution in [2.45, 2.75) is 64.1 Å². The summed E-state index contributed by atoms with van der Waals surface area (Å²) >= 11 is 0. The van der Waals surface area contributed by atoms with Gasteiger partial charge in [0.2, 0.25) is 5.91 Å². The second kappa shape index (κ2) is 11.6. The fourth-order valence-electron chi connectivity index (χ4n) is 3.97. The number of nitrogens with two attached hydrogens (primary N) is 1. The molecule has 1 amide bonds. The molecular formula is C25H35N3O2. The third kappa shape index (κ3) is 7.38. The Kier molecular flexibility index (Phi) is 8.57. The molecular weight excluding hydrogens is 374 g/mol. The molecule has 0 unspecified atom stereocenters. The summed E-state index contributed by atoms with van der Waals surface area (Å²) in [6.07, 6.45) is 7.09. The summed E-state index contributed by atoms with van der Waals surface area (Å²) in [4.78, 5) is 12.4. The van der Waals surface area contributed by atoms with Crippen LogP contribution >= 0.6 is 0 Å². The predicted octanol–water partition coefficient (Wildman–Crippen LogP) is 4.48. The number of nitrogens with one attached hydrogen (secondary N) is 2. The fourth-order valence-corrected chi connectivity index (χ4v) is 3.97. The van der Waals surface area contributed by atoms with Crippen LogP contribution in [0.25, 0.3) is 0 Å². The van der Waals surface area contributed by atoms with E-state index in [1.807, 2.05) is 61.5 Å². The molecule has 5 heteroatoms. The van der Waals surface area contributed by atoms with E-state index in [0.717, 1.165) is 23.4 Å². The van der Waals surface area contributed by atoms with Crippen LogP contribution in [0.3, 0.4) is 0 Å². The van der Waals surface area contributed by atoms with E-state index in [2.05, 4.69) is 10.6 Å². The van der Waals surface area contributed by atoms with Crippen LogP contribution in [0.2, 0.25) is 0 Å². The molecule has 0 bridgehead atoms. The Labute approximate surface area is 180 Å². The summed E-state index contributed by atoms with van der Waals surface area (Å²) in [5.74, 6) is 1.40. The van der Waals surface area contributed by atoms with Gasteiger partial charge < -0.3 is 21.1 Å². The van der Waals surface area contributed by atoms with Gasteiger partial charge in [0, 0.05) is 18.3 Å². The van der Waals surface area contributed by atoms with Crippen LogP contribution in [0.15, 0.2) is 54.6 Å². The number of hydrogen-bond donors (Lipinski definition) is 3. The van der Waals surface area contributed by atoms with Crippen molar-refractivity contribution in [1.29, 1.82) is 0 Å². The average molecular weight is 410 g/mol. The molecule has 3 rings (SSSR count). The van der Waals surface area contributed by atoms with Crippen LogP contribution in [0.5, 0.6) is 5.75 Å². The Morgan fingerprint density at radius 2 is 1.77 bits per heavy atom. The Hall–Kier alpha value is -2.53. The highest BCUT2D eigenvalue weighted by atomic mass is 16.5. The van der Waals surface area contributed by atoms with E-state index in [0.29, 0.717) is 19.1 Å². The molecule has 0 aromatic heterocycles. The SMILES string of the molecule is C[C@@H](CNc1ccc(OCc2ccccc2)cc1)NC(=O)[C@@H](N)CC1CCCCC1. The van der Waals surface area contributed by atoms with Crippen molar-refractivity contribution in [3.63, 3.8) is 0 Å². The van der Waals surface area contributed by atoms with Crippen molar-refractivity contribution < 1.29 is 9.53 Å². The highest BCUT2D eigenvalue weighted by Gasteiger charge is 2.22. The van der Waals surface area contributed by atoms with Crippen LogP contribution in [-0.2, 0) is 11.4 Å². The summed E-state index contributed by atoms with van der Waals surface area (Å²) in [7, 11) is 0. The summed E-state index contributed by atoms with van der Waals surface area (Å²) < 4.78 is 5.82. The Morgan fingerprint density at radius 1 is 1.07 bits per heavy atom. The molecule has 2 aromatic rings. The van der Waals surface area contributed by atoms with E-state index in [4.69, 9.17) is 10.5 Å². The zero-order valence-electron chi connectivity index (χ0n) is 18.0. The Morgan fingerprint density at radius 3 is 2.47 bits per heavy atom. The smallest absolute Gasteiger partial charge is 0.237 e. The van der Waals surface area contributed by atoms with Crippen molar-refractivity contribution in [3.8, 4) is 5.75 Å². The summed E-state index contributed by atoms with van der Waals surface area (Å²) in [5.41, 5.74) is 8.28. The monoisotopic (exact) mass is 409 g/mol. The minimum Gasteiger partial charge on any atom is -0.489 e. The van der Waals surface area contributed by atoms with Crippen LogP contribution in [0, 0.1) is 5.92 Å². The van der Waals surface area contributed by atoms with Crippen LogP contribution in [0.4, 0.5) is 5.69 Å². The van der Waals surface area contributed by atoms with Gasteiger partial charge in [-0.15, -0.1) is 0 Å². The van der Waals surface area contributed by atoms with Crippen LogP contribution in [0.1, 0.15) is 51.0 Å². The molecule has 0 aliphatic heterocycles. The summed E-state index contributed by atoms with van der Waals surface area (Å²) in [6, 6.07) is 17.6. The standard InChI is InChI=1S/C25H35N3O2/c1-19(28-25(29)24(26)16-20-8-4-2-5-9-20)17-27-22-12-14-23(15-13-22)30-18-21-10-6-3-7-11-21/h3,6-7,10-15,19-20,24,27H,2,4-5,8-9,16-18,26H2,1H3,(H,28,29)/t19-,24-/m0/s1. The van der Waals surface area contributed by atoms with Crippen molar-refractivity contribution >= 4 is 11.6 Å². The number of rotatable bonds is 10. The number of carbonyl (C=O) groups is 1. The number of ether oxygens (including phenoxy) is 1. The number of hydrogen-bond acceptors (Lipinski definition) is 4. The lowest BCUT2D eigenvalue weighted by Crippen LogP contribution is -2.47. The number of amides is 1. The molecule has 162 valence electrons. The zero-order chi connectivity index (χ0) is 21.2. The van der Waals surface area contributed by atoms with Crippen molar-refractivity contribution in [2.24, 2.45) is 11.7 Å². The lowest BCUT2D eigenvalue weighted by Gasteiger charge is -2.25. The van der Waals surface area contributed by atoms with E-state index >= 15 is 0 Å². The third-order valence-corrected chi connectivity index (χ3v) is 5.75. The summed E-state index contributed by atoms with van der Waals surface area (Å²) in [6.45, 7) is 3.19. The van der Waals surface area contributed by atoms with Gasteiger partial charge in [0.25, 0.3) is 0 Å². The van der Waals surface area contributed by atoms with Gasteiger partial charge in [-0.25, -0.2) is 0 Å². The highest BCUT2D eigenvalue weighted by Crippen LogP contribution is 2.27. The highest BCUT2D eigenvalue weighted by molar-refractivity contribution is 5.81. The lowest BCUT2D eigenvalue weighted by molar-refractivity contribution is -0.123. The van der Waals surface area contributed by atoms with E-state index in [1.54, 1.807) is 0 Å². The van der Waals surface area contributed by atoms with Gasteiger partial charge in [-0.05, 0) is 49.1 Å². The van der Waals surface area contributed by atoms with Gasteiger partial charge in [-0.1, -0.05) is 62.4 Å². The largest absolute Gasteiger partial charge is 0.489 e. The normalized spacial score (nSPS) is 16.5. The maximum Gasteiger partial charge on any atom is 0.237 e. The number of carbonyl (C=O) groups excluding carboxylic acids is 1. The van der Waals surface area contributed by atoms with Crippen molar-refractivity contribution in [2.75, 3.05) is 11.9 Å². The summed E-state index contributed by atoms with van der Waals surface area (Å²) in [5, 5.41) is 6.40. The first-order valence-corrected chi connectivity index (χ1v) is 11.2. The molecule has 1 aliphatic carbocycles. The van der Waals surface area contributed by atoms with E-state index in [1.165, 1.54) is 32.1 Å². The molecule has 1 saturated carbocycles. The first-order chi connectivity index (χ1) is 14.6. The quantitative estimate of drug-likeness (QED) is 0.541. The second-order valence-corrected chi connectivity index (χ2v) is 8.44. The zero-order valence-corrected chi connectivity index (χ0v) is 18.0. The first-order valence-electron chi connectivity index (χ1n) is 11.2. The van der Waals surface area contributed by atoms with Gasteiger partial charge >= 0.3 is 0 Å². The maximum atomic E-state index is 12.4. The number of anilines is 1. The number of benzene rings is 2. The molecule has 1 fully saturated rings. The molecule has 5 nitrogen and oxygen atoms in total. The minimum atomic E-state index is -0.406. The molecule has 2 atom stereocenters. The Bertz CT molecular complexity index is 758. The van der Waals surface area contributed by atoms with Gasteiger partial charge in [-0.3, -0.25) is 4.79 Å². The van der Waals surface area contributed by atoms with Gasteiger partial charge in [0.05, 0.1) is 6.04 Å². The van der Waals surface area contributed by atoms with Gasteiger partial charge in [0.15, 0.2) is 0 Å². The molecule has 30 heavy (non-hydrogen) atoms. The van der Waals surface area contributed by atoms with E-state index in [-0.39, 0.29) is 11.9 Å². The van der Waals surface area contributed by atoms with Crippen molar-refractivity contribution in [1.82, 2.24) is 5.32 Å². The minimum absolute atomic E-state index is 0.00362. The maximum absolute atomic E-state index is 12.4. The fraction of sp³-hybridized carbons (Fsp3) is 0.480. The van der Waals surface area contributed by atoms with Gasteiger partial charge in [0.1, 0.15) is 12.4 Å². The Balaban J connectivity index is 1.36. The third-order valence-electron chi connectivity index (χ3n) is 5.75. The molecule has 0 heterocycles. The van der Waals surface area contributed by atoms with E-state index in [9.17, 15) is 4.79 Å². The van der Waals surface area contributed by atoms with Crippen LogP contribution < -0.4 is 21.1 Å². The first kappa shape index (κ1) is 22.2. The van der Waals surface area contributed by atoms with Gasteiger partial charge in [-0.2, -0.15) is 0 Å². The van der Waals surface area contributed by atoms with E-state index < -0.39 is 6.04 Å². The van der Waals surface area contributed by atoms with Crippen LogP contribution in [-0.4, -0.2) is 24.5 Å². The lowest BCUT2D eigenvalue weighted by atomic mass is 9.85. The molecule has 4 N–H and O–H groups in total. The molecule has 0 saturated heterocycles. The molecule has 0 spiro atoms. The molecule has 2 aromatic carbocycles. The topological polar surface area (TPSA) is 76.4 Å². The second-order valence-electron chi connectivity index (χ2n) is 8.44. The molecule has 0 radical (unpaired) electrons.